The molecule has 154 valence electrons. The summed E-state index contributed by atoms with van der Waals surface area (Å²) in [6.45, 7) is 2.84. The molecule has 0 radical (unpaired) electrons. The number of nitrogens with zero attached hydrogens (tertiary/aromatic N) is 2. The lowest BCUT2D eigenvalue weighted by atomic mass is 10.2. The summed E-state index contributed by atoms with van der Waals surface area (Å²) in [5.74, 6) is 0.496. The number of halogens is 5. The Morgan fingerprint density at radius 2 is 2.07 bits per heavy atom. The molecule has 1 aromatic carbocycles. The molecule has 0 fully saturated rings. The fourth-order valence-corrected chi connectivity index (χ4v) is 3.32. The summed E-state index contributed by atoms with van der Waals surface area (Å²) in [5, 5.41) is 16.2. The number of aromatic nitrogens is 2. The van der Waals surface area contributed by atoms with Crippen LogP contribution in [-0.2, 0) is 6.18 Å². The lowest BCUT2D eigenvalue weighted by molar-refractivity contribution is -0.141. The predicted octanol–water partition coefficient (Wildman–Crippen LogP) is 3.66. The number of aliphatic hydroxyl groups is 1. The summed E-state index contributed by atoms with van der Waals surface area (Å²) in [5.41, 5.74) is -0.168. The molecule has 0 amide bonds. The predicted molar refractivity (Wildman–Crippen MR) is 104 cm³/mol. The number of anilines is 1. The van der Waals surface area contributed by atoms with Crippen LogP contribution in [0.3, 0.4) is 0 Å². The zero-order valence-corrected chi connectivity index (χ0v) is 17.2. The van der Waals surface area contributed by atoms with Crippen LogP contribution in [0, 0.1) is 6.92 Å². The molecule has 28 heavy (non-hydrogen) atoms. The topological polar surface area (TPSA) is 79.3 Å². The summed E-state index contributed by atoms with van der Waals surface area (Å²) in [4.78, 5) is 7.14. The second kappa shape index (κ2) is 10.2. The van der Waals surface area contributed by atoms with E-state index in [2.05, 4.69) is 36.5 Å². The zero-order valence-electron chi connectivity index (χ0n) is 14.9. The number of nitrogens with one attached hydrogen (secondary N) is 2. The van der Waals surface area contributed by atoms with Crippen LogP contribution in [0.5, 0.6) is 5.75 Å². The third-order valence-corrected chi connectivity index (χ3v) is 4.33. The molecule has 1 atom stereocenters. The van der Waals surface area contributed by atoms with Gasteiger partial charge in [-0.2, -0.15) is 13.2 Å². The molecular weight excluding hydrogens is 465 g/mol. The van der Waals surface area contributed by atoms with Crippen LogP contribution in [-0.4, -0.2) is 47.4 Å². The second-order valence-corrected chi connectivity index (χ2v) is 7.18. The van der Waals surface area contributed by atoms with Crippen molar-refractivity contribution in [3.8, 4) is 5.75 Å². The van der Waals surface area contributed by atoms with E-state index >= 15 is 0 Å². The van der Waals surface area contributed by atoms with Gasteiger partial charge in [0.25, 0.3) is 0 Å². The minimum atomic E-state index is -4.51. The largest absolute Gasteiger partial charge is 0.489 e. The van der Waals surface area contributed by atoms with Crippen molar-refractivity contribution in [1.29, 1.82) is 0 Å². The number of aryl methyl sites for hydroxylation is 1. The van der Waals surface area contributed by atoms with Crippen molar-refractivity contribution in [3.05, 3.63) is 45.1 Å². The van der Waals surface area contributed by atoms with Gasteiger partial charge in [-0.05, 0) is 46.6 Å². The average Bonchev–Trinajstić information content (AvgIpc) is 2.60. The van der Waals surface area contributed by atoms with Gasteiger partial charge in [0.2, 0.25) is 5.95 Å². The third-order valence-electron chi connectivity index (χ3n) is 3.53. The molecule has 0 aliphatic heterocycles. The van der Waals surface area contributed by atoms with Crippen molar-refractivity contribution >= 4 is 33.5 Å². The van der Waals surface area contributed by atoms with Gasteiger partial charge in [0.1, 0.15) is 24.2 Å². The van der Waals surface area contributed by atoms with Crippen LogP contribution >= 0.6 is 27.5 Å². The molecule has 6 nitrogen and oxygen atoms in total. The molecule has 0 saturated carbocycles. The van der Waals surface area contributed by atoms with Gasteiger partial charge in [-0.3, -0.25) is 0 Å². The number of hydrogen-bond donors (Lipinski definition) is 3. The molecule has 0 saturated heterocycles. The fourth-order valence-electron chi connectivity index (χ4n) is 2.24. The monoisotopic (exact) mass is 482 g/mol. The highest BCUT2D eigenvalue weighted by Gasteiger charge is 2.32. The van der Waals surface area contributed by atoms with Crippen LogP contribution in [0.1, 0.15) is 11.3 Å². The quantitative estimate of drug-likeness (QED) is 0.473. The smallest absolute Gasteiger partial charge is 0.433 e. The number of rotatable bonds is 9. The van der Waals surface area contributed by atoms with Crippen LogP contribution in [0.4, 0.5) is 19.1 Å². The van der Waals surface area contributed by atoms with E-state index in [1.807, 2.05) is 6.92 Å². The van der Waals surface area contributed by atoms with Gasteiger partial charge in [-0.15, -0.1) is 0 Å². The highest BCUT2D eigenvalue weighted by Crippen LogP contribution is 2.32. The SMILES string of the molecule is Cc1cc(Cl)cc(Br)c1OC[C@H](O)CNCCNc1nccc(C(F)(F)F)n1. The van der Waals surface area contributed by atoms with Crippen LogP contribution in [0.15, 0.2) is 28.9 Å². The van der Waals surface area contributed by atoms with E-state index in [4.69, 9.17) is 16.3 Å². The Hall–Kier alpha value is -1.62. The third kappa shape index (κ3) is 7.08. The molecule has 11 heteroatoms. The zero-order chi connectivity index (χ0) is 20.7. The van der Waals surface area contributed by atoms with E-state index in [1.165, 1.54) is 0 Å². The normalized spacial score (nSPS) is 12.7. The lowest BCUT2D eigenvalue weighted by Crippen LogP contribution is -2.34. The average molecular weight is 484 g/mol. The van der Waals surface area contributed by atoms with Crippen molar-refractivity contribution in [1.82, 2.24) is 15.3 Å². The summed E-state index contributed by atoms with van der Waals surface area (Å²) in [6, 6.07) is 4.27. The summed E-state index contributed by atoms with van der Waals surface area (Å²) < 4.78 is 44.1. The van der Waals surface area contributed by atoms with Crippen LogP contribution < -0.4 is 15.4 Å². The first-order chi connectivity index (χ1) is 13.2. The van der Waals surface area contributed by atoms with E-state index in [9.17, 15) is 18.3 Å². The van der Waals surface area contributed by atoms with Crippen molar-refractivity contribution < 1.29 is 23.0 Å². The van der Waals surface area contributed by atoms with Crippen molar-refractivity contribution in [2.45, 2.75) is 19.2 Å². The Bertz CT molecular complexity index is 772. The number of hydrogen-bond acceptors (Lipinski definition) is 6. The molecule has 3 N–H and O–H groups in total. The van der Waals surface area contributed by atoms with Gasteiger partial charge in [-0.25, -0.2) is 9.97 Å². The molecule has 2 aromatic rings. The van der Waals surface area contributed by atoms with E-state index in [-0.39, 0.29) is 25.6 Å². The molecule has 0 aliphatic carbocycles. The molecule has 0 aliphatic rings. The van der Waals surface area contributed by atoms with Crippen LogP contribution in [0.2, 0.25) is 5.02 Å². The molecule has 0 unspecified atom stereocenters. The highest BCUT2D eigenvalue weighted by atomic mass is 79.9. The van der Waals surface area contributed by atoms with Crippen LogP contribution in [0.25, 0.3) is 0 Å². The first-order valence-electron chi connectivity index (χ1n) is 8.28. The fraction of sp³-hybridized carbons (Fsp3) is 0.412. The summed E-state index contributed by atoms with van der Waals surface area (Å²) >= 11 is 9.31. The van der Waals surface area contributed by atoms with Gasteiger partial charge in [-0.1, -0.05) is 11.6 Å². The molecule has 0 spiro atoms. The van der Waals surface area contributed by atoms with Gasteiger partial charge >= 0.3 is 6.18 Å². The standard InChI is InChI=1S/C17H19BrClF3N4O2/c1-10-6-11(19)7-13(18)15(10)28-9-12(27)8-23-4-5-25-16-24-3-2-14(26-16)17(20,21)22/h2-3,6-7,12,23,27H,4-5,8-9H2,1H3,(H,24,25,26)/t12-/m1/s1. The van der Waals surface area contributed by atoms with Crippen molar-refractivity contribution in [2.75, 3.05) is 31.6 Å². The van der Waals surface area contributed by atoms with Gasteiger partial charge in [0.15, 0.2) is 0 Å². The van der Waals surface area contributed by atoms with Crippen molar-refractivity contribution in [2.24, 2.45) is 0 Å². The minimum absolute atomic E-state index is 0.0677. The number of ether oxygens (including phenoxy) is 1. The highest BCUT2D eigenvalue weighted by molar-refractivity contribution is 9.10. The Labute approximate surface area is 173 Å². The Kier molecular flexibility index (Phi) is 8.29. The first-order valence-corrected chi connectivity index (χ1v) is 9.45. The van der Waals surface area contributed by atoms with E-state index in [0.717, 1.165) is 17.8 Å². The molecule has 2 rings (SSSR count). The number of alkyl halides is 3. The Balaban J connectivity index is 1.69. The number of aliphatic hydroxyl groups excluding tert-OH is 1. The first kappa shape index (κ1) is 22.7. The van der Waals surface area contributed by atoms with Gasteiger partial charge in [0.05, 0.1) is 4.47 Å². The molecular formula is C17H19BrClF3N4O2. The maximum absolute atomic E-state index is 12.6. The van der Waals surface area contributed by atoms with Gasteiger partial charge in [0, 0.05) is 30.9 Å². The molecule has 1 heterocycles. The second-order valence-electron chi connectivity index (χ2n) is 5.89. The minimum Gasteiger partial charge on any atom is -0.489 e. The molecule has 0 bridgehead atoms. The van der Waals surface area contributed by atoms with E-state index < -0.39 is 18.0 Å². The van der Waals surface area contributed by atoms with E-state index in [0.29, 0.717) is 21.8 Å². The maximum Gasteiger partial charge on any atom is 0.433 e. The van der Waals surface area contributed by atoms with Gasteiger partial charge < -0.3 is 20.5 Å². The van der Waals surface area contributed by atoms with E-state index in [1.54, 1.807) is 12.1 Å². The van der Waals surface area contributed by atoms with Crippen molar-refractivity contribution in [3.63, 3.8) is 0 Å². The number of benzene rings is 1. The summed E-state index contributed by atoms with van der Waals surface area (Å²) in [7, 11) is 0. The Morgan fingerprint density at radius 3 is 2.75 bits per heavy atom. The Morgan fingerprint density at radius 1 is 1.32 bits per heavy atom. The maximum atomic E-state index is 12.6. The lowest BCUT2D eigenvalue weighted by Gasteiger charge is -2.16. The summed E-state index contributed by atoms with van der Waals surface area (Å²) in [6.07, 6.45) is -4.24. The molecule has 1 aromatic heterocycles.